The minimum Gasteiger partial charge on any atom is -0.503 e. The van der Waals surface area contributed by atoms with Crippen molar-refractivity contribution in [2.24, 2.45) is 5.41 Å². The van der Waals surface area contributed by atoms with Gasteiger partial charge in [0.25, 0.3) is 0 Å². The van der Waals surface area contributed by atoms with Crippen LogP contribution < -0.4 is 10.7 Å². The van der Waals surface area contributed by atoms with Gasteiger partial charge in [-0.3, -0.25) is 0 Å². The van der Waals surface area contributed by atoms with E-state index in [1.165, 1.54) is 0 Å². The minimum atomic E-state index is -1.22. The lowest BCUT2D eigenvalue weighted by atomic mass is 9.82. The van der Waals surface area contributed by atoms with E-state index in [0.29, 0.717) is 11.1 Å². The largest absolute Gasteiger partial charge is 0.503 e. The third kappa shape index (κ3) is 2.97. The van der Waals surface area contributed by atoms with Crippen molar-refractivity contribution in [3.8, 4) is 11.4 Å². The topological polar surface area (TPSA) is 58.6 Å². The molecule has 0 amide bonds. The SMILES string of the molecule is CC1(C)CCN(c2ccc(-n3c(=O)oc4cc(F)c(O)c(F)c43)cc2)CC1. The number of halogens is 2. The van der Waals surface area contributed by atoms with Gasteiger partial charge in [-0.2, -0.15) is 0 Å². The summed E-state index contributed by atoms with van der Waals surface area (Å²) < 4.78 is 33.8. The van der Waals surface area contributed by atoms with Crippen LogP contribution in [0.4, 0.5) is 14.5 Å². The molecule has 5 nitrogen and oxygen atoms in total. The van der Waals surface area contributed by atoms with Crippen molar-refractivity contribution in [3.63, 3.8) is 0 Å². The number of aromatic hydroxyl groups is 1. The molecule has 2 heterocycles. The molecule has 3 aromatic rings. The van der Waals surface area contributed by atoms with Gasteiger partial charge in [0, 0.05) is 24.8 Å². The fraction of sp³-hybridized carbons (Fsp3) is 0.350. The molecule has 142 valence electrons. The van der Waals surface area contributed by atoms with Gasteiger partial charge >= 0.3 is 5.76 Å². The van der Waals surface area contributed by atoms with E-state index in [1.807, 2.05) is 12.1 Å². The van der Waals surface area contributed by atoms with Crippen LogP contribution in [0.15, 0.2) is 39.5 Å². The number of phenols is 1. The third-order valence-electron chi connectivity index (χ3n) is 5.33. The molecule has 4 rings (SSSR count). The number of nitrogens with zero attached hydrogens (tertiary/aromatic N) is 2. The predicted octanol–water partition coefficient (Wildman–Crippen LogP) is 4.19. The Morgan fingerprint density at radius 3 is 2.30 bits per heavy atom. The molecule has 1 aliphatic heterocycles. The Morgan fingerprint density at radius 2 is 1.67 bits per heavy atom. The molecule has 0 saturated carbocycles. The maximum Gasteiger partial charge on any atom is 0.424 e. The summed E-state index contributed by atoms with van der Waals surface area (Å²) in [6.07, 6.45) is 2.19. The van der Waals surface area contributed by atoms with Gasteiger partial charge in [-0.1, -0.05) is 13.8 Å². The van der Waals surface area contributed by atoms with E-state index in [4.69, 9.17) is 4.42 Å². The number of fused-ring (bicyclic) bond motifs is 1. The molecule has 1 aliphatic rings. The summed E-state index contributed by atoms with van der Waals surface area (Å²) in [7, 11) is 0. The zero-order valence-electron chi connectivity index (χ0n) is 15.1. The smallest absolute Gasteiger partial charge is 0.424 e. The number of hydrogen-bond donors (Lipinski definition) is 1. The van der Waals surface area contributed by atoms with Crippen molar-refractivity contribution >= 4 is 16.8 Å². The van der Waals surface area contributed by atoms with Crippen molar-refractivity contribution in [1.29, 1.82) is 0 Å². The summed E-state index contributed by atoms with van der Waals surface area (Å²) in [4.78, 5) is 14.5. The van der Waals surface area contributed by atoms with Gasteiger partial charge in [0.05, 0.1) is 5.69 Å². The van der Waals surface area contributed by atoms with Gasteiger partial charge in [-0.15, -0.1) is 0 Å². The number of aromatic nitrogens is 1. The van der Waals surface area contributed by atoms with Gasteiger partial charge in [-0.25, -0.2) is 18.1 Å². The van der Waals surface area contributed by atoms with E-state index < -0.39 is 23.1 Å². The zero-order valence-corrected chi connectivity index (χ0v) is 15.1. The molecular weight excluding hydrogens is 354 g/mol. The summed E-state index contributed by atoms with van der Waals surface area (Å²) in [6, 6.07) is 7.90. The van der Waals surface area contributed by atoms with E-state index >= 15 is 0 Å². The van der Waals surface area contributed by atoms with Crippen LogP contribution in [0.3, 0.4) is 0 Å². The normalized spacial score (nSPS) is 16.8. The molecule has 1 fully saturated rings. The van der Waals surface area contributed by atoms with Crippen molar-refractivity contribution < 1.29 is 18.3 Å². The van der Waals surface area contributed by atoms with Crippen LogP contribution in [-0.4, -0.2) is 22.8 Å². The van der Waals surface area contributed by atoms with Crippen LogP contribution in [0.25, 0.3) is 16.8 Å². The highest BCUT2D eigenvalue weighted by molar-refractivity contribution is 5.78. The maximum absolute atomic E-state index is 14.3. The average Bonchev–Trinajstić information content (AvgIpc) is 2.96. The van der Waals surface area contributed by atoms with Crippen LogP contribution in [0, 0.1) is 17.0 Å². The first kappa shape index (κ1) is 17.6. The minimum absolute atomic E-state index is 0.255. The first-order chi connectivity index (χ1) is 12.8. The van der Waals surface area contributed by atoms with Crippen molar-refractivity contribution in [1.82, 2.24) is 4.57 Å². The fourth-order valence-electron chi connectivity index (χ4n) is 3.51. The first-order valence-electron chi connectivity index (χ1n) is 8.85. The van der Waals surface area contributed by atoms with Crippen molar-refractivity contribution in [2.75, 3.05) is 18.0 Å². The van der Waals surface area contributed by atoms with E-state index in [-0.39, 0.29) is 11.1 Å². The summed E-state index contributed by atoms with van der Waals surface area (Å²) in [6.45, 7) is 6.42. The fourth-order valence-corrected chi connectivity index (χ4v) is 3.51. The van der Waals surface area contributed by atoms with E-state index in [2.05, 4.69) is 18.7 Å². The quantitative estimate of drug-likeness (QED) is 0.731. The zero-order chi connectivity index (χ0) is 19.3. The second-order valence-corrected chi connectivity index (χ2v) is 7.74. The Labute approximate surface area is 154 Å². The summed E-state index contributed by atoms with van der Waals surface area (Å²) in [5, 5.41) is 9.53. The second-order valence-electron chi connectivity index (χ2n) is 7.74. The van der Waals surface area contributed by atoms with E-state index in [1.54, 1.807) is 12.1 Å². The number of hydrogen-bond acceptors (Lipinski definition) is 4. The molecule has 0 aliphatic carbocycles. The average molecular weight is 374 g/mol. The van der Waals surface area contributed by atoms with Crippen LogP contribution >= 0.6 is 0 Å². The monoisotopic (exact) mass is 374 g/mol. The highest BCUT2D eigenvalue weighted by atomic mass is 19.1. The van der Waals surface area contributed by atoms with Gasteiger partial charge in [0.1, 0.15) is 5.52 Å². The van der Waals surface area contributed by atoms with Crippen molar-refractivity contribution in [3.05, 3.63) is 52.5 Å². The van der Waals surface area contributed by atoms with Crippen LogP contribution in [0.1, 0.15) is 26.7 Å². The molecule has 27 heavy (non-hydrogen) atoms. The number of phenolic OH excluding ortho intramolecular Hbond substituents is 1. The Balaban J connectivity index is 1.72. The Bertz CT molecular complexity index is 1060. The number of anilines is 1. The number of benzene rings is 2. The first-order valence-corrected chi connectivity index (χ1v) is 8.85. The highest BCUT2D eigenvalue weighted by Crippen LogP contribution is 2.33. The van der Waals surface area contributed by atoms with Crippen LogP contribution in [0.5, 0.6) is 5.75 Å². The maximum atomic E-state index is 14.3. The lowest BCUT2D eigenvalue weighted by Gasteiger charge is -2.38. The molecule has 0 atom stereocenters. The molecule has 0 unspecified atom stereocenters. The van der Waals surface area contributed by atoms with E-state index in [9.17, 15) is 18.7 Å². The molecule has 2 aromatic carbocycles. The molecule has 1 N–H and O–H groups in total. The number of oxazole rings is 1. The van der Waals surface area contributed by atoms with Crippen molar-refractivity contribution in [2.45, 2.75) is 26.7 Å². The molecule has 0 bridgehead atoms. The third-order valence-corrected chi connectivity index (χ3v) is 5.33. The standard InChI is InChI=1S/C20H20F2N2O3/c1-20(2)7-9-23(10-8-20)12-3-5-13(6-4-12)24-17-15(27-19(24)26)11-14(21)18(25)16(17)22/h3-6,11,25H,7-10H2,1-2H3. The molecule has 0 spiro atoms. The lowest BCUT2D eigenvalue weighted by molar-refractivity contribution is 0.280. The van der Waals surface area contributed by atoms with Gasteiger partial charge in [-0.05, 0) is 42.5 Å². The van der Waals surface area contributed by atoms with Gasteiger partial charge < -0.3 is 14.4 Å². The summed E-state index contributed by atoms with van der Waals surface area (Å²) in [5.74, 6) is -4.38. The number of rotatable bonds is 2. The van der Waals surface area contributed by atoms with Gasteiger partial charge in [0.2, 0.25) is 0 Å². The molecular formula is C20H20F2N2O3. The Hall–Kier alpha value is -2.83. The van der Waals surface area contributed by atoms with E-state index in [0.717, 1.165) is 42.3 Å². The number of piperidine rings is 1. The Kier molecular flexibility index (Phi) is 3.98. The Morgan fingerprint density at radius 1 is 1.07 bits per heavy atom. The molecule has 1 saturated heterocycles. The van der Waals surface area contributed by atoms with Crippen LogP contribution in [-0.2, 0) is 0 Å². The summed E-state index contributed by atoms with van der Waals surface area (Å²) in [5.41, 5.74) is 1.20. The van der Waals surface area contributed by atoms with Gasteiger partial charge in [0.15, 0.2) is 23.0 Å². The summed E-state index contributed by atoms with van der Waals surface area (Å²) >= 11 is 0. The predicted molar refractivity (Wildman–Crippen MR) is 98.6 cm³/mol. The lowest BCUT2D eigenvalue weighted by Crippen LogP contribution is -2.37. The van der Waals surface area contributed by atoms with Crippen LogP contribution in [0.2, 0.25) is 0 Å². The molecule has 7 heteroatoms. The molecule has 0 radical (unpaired) electrons. The second kappa shape index (κ2) is 6.11. The highest BCUT2D eigenvalue weighted by Gasteiger charge is 2.26. The molecule has 1 aromatic heterocycles.